The van der Waals surface area contributed by atoms with Crippen LogP contribution in [0.3, 0.4) is 0 Å². The van der Waals surface area contributed by atoms with Crippen LogP contribution in [-0.4, -0.2) is 70.4 Å². The third-order valence-corrected chi connectivity index (χ3v) is 12.1. The lowest BCUT2D eigenvalue weighted by Crippen LogP contribution is -2.59. The Hall–Kier alpha value is -2.78. The minimum atomic E-state index is -4.90. The predicted molar refractivity (Wildman–Crippen MR) is 168 cm³/mol. The topological polar surface area (TPSA) is 98.2 Å². The molecule has 1 heterocycles. The lowest BCUT2D eigenvalue weighted by Gasteiger charge is -2.44. The van der Waals surface area contributed by atoms with Crippen LogP contribution in [0.2, 0.25) is 0 Å². The SMILES string of the molecule is CC(C)CS(=O)(=O)N(C[C@H]1CN(S(=O)(=O)c2ccccc2S)CCN1c1ccc([C@@](C)(O)C(F)(F)F)cc1)c1ccccc1. The van der Waals surface area contributed by atoms with E-state index in [2.05, 4.69) is 12.6 Å². The van der Waals surface area contributed by atoms with Crippen LogP contribution in [0.5, 0.6) is 0 Å². The summed E-state index contributed by atoms with van der Waals surface area (Å²) in [6, 6.07) is 19.2. The van der Waals surface area contributed by atoms with Gasteiger partial charge in [-0.2, -0.15) is 17.5 Å². The Morgan fingerprint density at radius 1 is 0.932 bits per heavy atom. The molecule has 0 aliphatic carbocycles. The van der Waals surface area contributed by atoms with Crippen LogP contribution in [-0.2, 0) is 25.6 Å². The number of hydrogen-bond donors (Lipinski definition) is 2. The van der Waals surface area contributed by atoms with Crippen molar-refractivity contribution < 1.29 is 35.1 Å². The van der Waals surface area contributed by atoms with E-state index in [9.17, 15) is 35.1 Å². The minimum Gasteiger partial charge on any atom is -0.376 e. The van der Waals surface area contributed by atoms with E-state index in [-0.39, 0.29) is 53.2 Å². The van der Waals surface area contributed by atoms with E-state index in [1.165, 1.54) is 38.9 Å². The van der Waals surface area contributed by atoms with Crippen molar-refractivity contribution in [2.75, 3.05) is 41.1 Å². The van der Waals surface area contributed by atoms with Gasteiger partial charge in [0.1, 0.15) is 0 Å². The molecule has 1 N–H and O–H groups in total. The van der Waals surface area contributed by atoms with Gasteiger partial charge in [0.05, 0.1) is 28.9 Å². The molecule has 1 aliphatic heterocycles. The Balaban J connectivity index is 1.76. The molecule has 3 aromatic rings. The fraction of sp³-hybridized carbons (Fsp3) is 0.400. The number of piperazine rings is 1. The van der Waals surface area contributed by atoms with Gasteiger partial charge in [-0.1, -0.05) is 56.3 Å². The molecule has 0 saturated carbocycles. The van der Waals surface area contributed by atoms with Gasteiger partial charge in [0.25, 0.3) is 0 Å². The monoisotopic (exact) mass is 671 g/mol. The molecule has 4 rings (SSSR count). The Labute approximate surface area is 262 Å². The summed E-state index contributed by atoms with van der Waals surface area (Å²) in [5, 5.41) is 10.1. The molecule has 1 aliphatic rings. The molecule has 1 saturated heterocycles. The predicted octanol–water partition coefficient (Wildman–Crippen LogP) is 5.12. The summed E-state index contributed by atoms with van der Waals surface area (Å²) in [4.78, 5) is 2.08. The van der Waals surface area contributed by atoms with Crippen LogP contribution in [0.1, 0.15) is 26.3 Å². The average molecular weight is 672 g/mol. The molecule has 2 atom stereocenters. The Bertz CT molecular complexity index is 1650. The molecule has 8 nitrogen and oxygen atoms in total. The van der Waals surface area contributed by atoms with Crippen molar-refractivity contribution in [2.24, 2.45) is 5.92 Å². The normalized spacial score (nSPS) is 18.3. The molecule has 1 fully saturated rings. The number of para-hydroxylation sites is 1. The summed E-state index contributed by atoms with van der Waals surface area (Å²) >= 11 is 4.33. The van der Waals surface area contributed by atoms with E-state index in [0.29, 0.717) is 18.3 Å². The zero-order valence-electron chi connectivity index (χ0n) is 24.5. The van der Waals surface area contributed by atoms with Gasteiger partial charge in [-0.15, -0.1) is 12.6 Å². The fourth-order valence-electron chi connectivity index (χ4n) is 5.17. The third-order valence-electron chi connectivity index (χ3n) is 7.54. The van der Waals surface area contributed by atoms with Crippen molar-refractivity contribution in [1.29, 1.82) is 0 Å². The van der Waals surface area contributed by atoms with Gasteiger partial charge in [-0.25, -0.2) is 16.8 Å². The van der Waals surface area contributed by atoms with Gasteiger partial charge in [-0.3, -0.25) is 4.31 Å². The highest BCUT2D eigenvalue weighted by molar-refractivity contribution is 7.92. The van der Waals surface area contributed by atoms with Gasteiger partial charge < -0.3 is 10.0 Å². The first-order valence-corrected chi connectivity index (χ1v) is 17.4. The first-order valence-electron chi connectivity index (χ1n) is 13.9. The van der Waals surface area contributed by atoms with Gasteiger partial charge in [0, 0.05) is 30.2 Å². The van der Waals surface area contributed by atoms with Crippen LogP contribution >= 0.6 is 12.6 Å². The molecule has 0 spiro atoms. The summed E-state index contributed by atoms with van der Waals surface area (Å²) in [5.74, 6) is -0.336. The van der Waals surface area contributed by atoms with E-state index < -0.39 is 37.9 Å². The van der Waals surface area contributed by atoms with Crippen molar-refractivity contribution in [3.63, 3.8) is 0 Å². The number of hydrogen-bond acceptors (Lipinski definition) is 7. The Morgan fingerprint density at radius 2 is 1.52 bits per heavy atom. The van der Waals surface area contributed by atoms with Crippen molar-refractivity contribution in [1.82, 2.24) is 4.31 Å². The van der Waals surface area contributed by atoms with Crippen LogP contribution < -0.4 is 9.21 Å². The lowest BCUT2D eigenvalue weighted by molar-refractivity contribution is -0.258. The van der Waals surface area contributed by atoms with Crippen LogP contribution in [0.15, 0.2) is 88.7 Å². The molecule has 240 valence electrons. The summed E-state index contributed by atoms with van der Waals surface area (Å²) < 4.78 is 97.8. The van der Waals surface area contributed by atoms with Gasteiger partial charge in [-0.05, 0) is 54.8 Å². The number of rotatable bonds is 10. The maximum Gasteiger partial charge on any atom is 0.421 e. The zero-order valence-corrected chi connectivity index (χ0v) is 27.0. The second-order valence-electron chi connectivity index (χ2n) is 11.3. The highest BCUT2D eigenvalue weighted by atomic mass is 32.2. The van der Waals surface area contributed by atoms with Gasteiger partial charge in [0.2, 0.25) is 20.0 Å². The summed E-state index contributed by atoms with van der Waals surface area (Å²) in [7, 11) is -7.89. The van der Waals surface area contributed by atoms with E-state index in [1.807, 2.05) is 0 Å². The summed E-state index contributed by atoms with van der Waals surface area (Å²) in [6.45, 7) is 4.17. The van der Waals surface area contributed by atoms with Crippen molar-refractivity contribution in [3.8, 4) is 0 Å². The number of aliphatic hydroxyl groups is 1. The molecule has 0 bridgehead atoms. The van der Waals surface area contributed by atoms with E-state index in [4.69, 9.17) is 0 Å². The van der Waals surface area contributed by atoms with Gasteiger partial charge >= 0.3 is 6.18 Å². The molecular weight excluding hydrogens is 636 g/mol. The maximum absolute atomic E-state index is 13.7. The molecular formula is C30H36F3N3O5S3. The molecule has 3 aromatic carbocycles. The Kier molecular flexibility index (Phi) is 10.0. The average Bonchev–Trinajstić information content (AvgIpc) is 2.95. The number of anilines is 2. The van der Waals surface area contributed by atoms with E-state index in [0.717, 1.165) is 0 Å². The zero-order chi connectivity index (χ0) is 32.5. The Morgan fingerprint density at radius 3 is 2.09 bits per heavy atom. The molecule has 44 heavy (non-hydrogen) atoms. The minimum absolute atomic E-state index is 0.0154. The van der Waals surface area contributed by atoms with Crippen LogP contribution in [0.25, 0.3) is 0 Å². The molecule has 0 unspecified atom stereocenters. The largest absolute Gasteiger partial charge is 0.421 e. The highest BCUT2D eigenvalue weighted by Crippen LogP contribution is 2.39. The standard InChI is InChI=1S/C30H36F3N3O5S3/c1-22(2)21-43(38,39)36(25-9-5-4-6-10-25)20-26-19-34(44(40,41)28-12-8-7-11-27(28)42)17-18-35(26)24-15-13-23(14-16-24)29(3,37)30(31,32)33/h4-16,22,26,37,42H,17-21H2,1-3H3/t26-,29-/m1/s1. The lowest BCUT2D eigenvalue weighted by atomic mass is 9.95. The van der Waals surface area contributed by atoms with E-state index in [1.54, 1.807) is 67.3 Å². The number of sulfonamides is 2. The van der Waals surface area contributed by atoms with E-state index >= 15 is 0 Å². The first-order chi connectivity index (χ1) is 20.4. The fourth-order valence-corrected chi connectivity index (χ4v) is 9.10. The van der Waals surface area contributed by atoms with Crippen LogP contribution in [0, 0.1) is 5.92 Å². The number of halogens is 3. The number of thiol groups is 1. The van der Waals surface area contributed by atoms with Crippen molar-refractivity contribution in [2.45, 2.75) is 48.4 Å². The third kappa shape index (κ3) is 7.20. The highest BCUT2D eigenvalue weighted by Gasteiger charge is 2.51. The maximum atomic E-state index is 13.7. The second kappa shape index (κ2) is 12.9. The number of nitrogens with zero attached hydrogens (tertiary/aromatic N) is 3. The van der Waals surface area contributed by atoms with Crippen molar-refractivity contribution >= 4 is 44.1 Å². The summed E-state index contributed by atoms with van der Waals surface area (Å²) in [5.41, 5.74) is -2.57. The van der Waals surface area contributed by atoms with Crippen LogP contribution in [0.4, 0.5) is 24.5 Å². The second-order valence-corrected chi connectivity index (χ2v) is 15.7. The molecule has 0 radical (unpaired) electrons. The molecule has 14 heteroatoms. The van der Waals surface area contributed by atoms with Gasteiger partial charge in [0.15, 0.2) is 5.60 Å². The first kappa shape index (κ1) is 34.1. The number of alkyl halides is 3. The molecule has 0 amide bonds. The van der Waals surface area contributed by atoms with Crippen molar-refractivity contribution in [3.05, 3.63) is 84.4 Å². The smallest absolute Gasteiger partial charge is 0.376 e. The number of benzene rings is 3. The molecule has 0 aromatic heterocycles. The quantitative estimate of drug-likeness (QED) is 0.291. The summed E-state index contributed by atoms with van der Waals surface area (Å²) in [6.07, 6.45) is -4.90.